The molecule has 5 atom stereocenters. The van der Waals surface area contributed by atoms with Crippen LogP contribution in [0.1, 0.15) is 64.2 Å². The van der Waals surface area contributed by atoms with Crippen LogP contribution in [-0.4, -0.2) is 74.5 Å². The highest BCUT2D eigenvalue weighted by molar-refractivity contribution is 5.05. The van der Waals surface area contributed by atoms with Crippen LogP contribution in [0, 0.1) is 11.8 Å². The number of nitrogens with zero attached hydrogens (tertiary/aromatic N) is 1. The first kappa shape index (κ1) is 20.6. The second-order valence-electron chi connectivity index (χ2n) is 10.1. The summed E-state index contributed by atoms with van der Waals surface area (Å²) < 4.78 is 32.3. The van der Waals surface area contributed by atoms with E-state index in [1.165, 1.54) is 51.4 Å². The van der Waals surface area contributed by atoms with Crippen LogP contribution in [0.3, 0.4) is 0 Å². The quantitative estimate of drug-likeness (QED) is 0.664. The van der Waals surface area contributed by atoms with Gasteiger partial charge in [0.1, 0.15) is 0 Å². The van der Waals surface area contributed by atoms with Crippen LogP contribution >= 0.6 is 0 Å². The zero-order chi connectivity index (χ0) is 19.7. The van der Waals surface area contributed by atoms with Crippen LogP contribution in [0.15, 0.2) is 0 Å². The van der Waals surface area contributed by atoms with Gasteiger partial charge in [-0.1, -0.05) is 12.8 Å². The summed E-state index contributed by atoms with van der Waals surface area (Å²) in [5.74, 6) is 1.58. The second kappa shape index (κ2) is 9.07. The Hall–Kier alpha value is -0.270. The van der Waals surface area contributed by atoms with Crippen LogP contribution in [0.4, 0.5) is 4.39 Å². The number of halogens is 1. The van der Waals surface area contributed by atoms with Crippen molar-refractivity contribution < 1.29 is 18.6 Å². The number of rotatable bonds is 0. The van der Waals surface area contributed by atoms with Crippen LogP contribution < -0.4 is 5.32 Å². The zero-order valence-electron chi connectivity index (χ0n) is 17.8. The smallest absolute Gasteiger partial charge is 0.211 e. The number of fused-ring (bicyclic) bond motifs is 5. The van der Waals surface area contributed by atoms with E-state index < -0.39 is 6.36 Å². The normalized spacial score (nSPS) is 47.5. The van der Waals surface area contributed by atoms with Crippen molar-refractivity contribution in [2.75, 3.05) is 39.5 Å². The standard InChI is InChI=1S/C23H39FN2O3/c24-22-14-25-23(16-29-22)10-3-11-26-12-13-27-20-5-2-1-4-19(20)17-6-8-18(9-7-17)28-15-21(23)26/h17-22,25H,1-16H2/t17?,18?,19?,20?,21-,22?,23+/m1/s1. The van der Waals surface area contributed by atoms with Crippen molar-refractivity contribution in [1.29, 1.82) is 0 Å². The summed E-state index contributed by atoms with van der Waals surface area (Å²) >= 11 is 0. The lowest BCUT2D eigenvalue weighted by Crippen LogP contribution is -2.71. The van der Waals surface area contributed by atoms with E-state index in [1.54, 1.807) is 0 Å². The van der Waals surface area contributed by atoms with Gasteiger partial charge in [-0.05, 0) is 69.7 Å². The minimum absolute atomic E-state index is 0.189. The van der Waals surface area contributed by atoms with Gasteiger partial charge in [-0.15, -0.1) is 0 Å². The van der Waals surface area contributed by atoms with Crippen molar-refractivity contribution in [1.82, 2.24) is 10.2 Å². The number of nitrogens with one attached hydrogen (secondary N) is 1. The van der Waals surface area contributed by atoms with E-state index in [4.69, 9.17) is 14.2 Å². The van der Waals surface area contributed by atoms with Crippen molar-refractivity contribution in [2.45, 2.75) is 94.4 Å². The van der Waals surface area contributed by atoms with Crippen molar-refractivity contribution >= 4 is 0 Å². The van der Waals surface area contributed by atoms with Gasteiger partial charge in [0.15, 0.2) is 0 Å². The Labute approximate surface area is 175 Å². The van der Waals surface area contributed by atoms with Crippen molar-refractivity contribution in [2.24, 2.45) is 11.8 Å². The number of hydrogen-bond donors (Lipinski definition) is 1. The van der Waals surface area contributed by atoms with E-state index in [1.807, 2.05) is 0 Å². The second-order valence-corrected chi connectivity index (χ2v) is 10.1. The molecule has 29 heavy (non-hydrogen) atoms. The fourth-order valence-electron chi connectivity index (χ4n) is 6.91. The summed E-state index contributed by atoms with van der Waals surface area (Å²) in [6, 6.07) is 0.230. The molecule has 2 saturated carbocycles. The number of alkyl halides is 1. The largest absolute Gasteiger partial charge is 0.377 e. The number of ether oxygens (including phenoxy) is 3. The van der Waals surface area contributed by atoms with E-state index in [9.17, 15) is 4.39 Å². The third-order valence-electron chi connectivity index (χ3n) is 8.56. The maximum atomic E-state index is 13.7. The molecule has 0 aromatic rings. The summed E-state index contributed by atoms with van der Waals surface area (Å²) in [4.78, 5) is 2.54. The van der Waals surface area contributed by atoms with Crippen LogP contribution in [0.2, 0.25) is 0 Å². The molecule has 4 aliphatic heterocycles. The predicted molar refractivity (Wildman–Crippen MR) is 110 cm³/mol. The molecule has 6 heteroatoms. The molecule has 166 valence electrons. The molecule has 2 aliphatic carbocycles. The van der Waals surface area contributed by atoms with E-state index in [0.29, 0.717) is 18.8 Å². The van der Waals surface area contributed by atoms with E-state index in [-0.39, 0.29) is 18.1 Å². The number of hydrogen-bond acceptors (Lipinski definition) is 5. The topological polar surface area (TPSA) is 43.0 Å². The summed E-state index contributed by atoms with van der Waals surface area (Å²) in [6.45, 7) is 4.26. The van der Waals surface area contributed by atoms with Crippen LogP contribution in [0.25, 0.3) is 0 Å². The third kappa shape index (κ3) is 4.38. The molecular formula is C23H39FN2O3. The monoisotopic (exact) mass is 410 g/mol. The molecule has 4 saturated heterocycles. The van der Waals surface area contributed by atoms with Crippen molar-refractivity contribution in [3.05, 3.63) is 0 Å². The fourth-order valence-corrected chi connectivity index (χ4v) is 6.91. The maximum Gasteiger partial charge on any atom is 0.211 e. The van der Waals surface area contributed by atoms with Crippen LogP contribution in [-0.2, 0) is 14.2 Å². The average Bonchev–Trinajstić information content (AvgIpc) is 2.78. The summed E-state index contributed by atoms with van der Waals surface area (Å²) in [5, 5.41) is 3.53. The van der Waals surface area contributed by atoms with Crippen molar-refractivity contribution in [3.63, 3.8) is 0 Å². The first-order valence-electron chi connectivity index (χ1n) is 12.2. The Kier molecular flexibility index (Phi) is 6.45. The Morgan fingerprint density at radius 2 is 1.76 bits per heavy atom. The Morgan fingerprint density at radius 3 is 2.59 bits per heavy atom. The summed E-state index contributed by atoms with van der Waals surface area (Å²) in [5.41, 5.74) is -0.189. The molecule has 1 N–H and O–H groups in total. The highest BCUT2D eigenvalue weighted by atomic mass is 19.1. The van der Waals surface area contributed by atoms with Gasteiger partial charge in [0.05, 0.1) is 50.2 Å². The highest BCUT2D eigenvalue weighted by Crippen LogP contribution is 2.41. The lowest BCUT2D eigenvalue weighted by molar-refractivity contribution is -0.144. The number of piperidine rings is 1. The SMILES string of the molecule is FC1CN[C@@]2(CCCN3CCOC4CCCCC4C4CCC(CC4)OC[C@@H]32)CO1. The minimum Gasteiger partial charge on any atom is -0.377 e. The van der Waals surface area contributed by atoms with E-state index in [2.05, 4.69) is 10.2 Å². The first-order valence-corrected chi connectivity index (χ1v) is 12.2. The molecule has 0 aromatic carbocycles. The van der Waals surface area contributed by atoms with Gasteiger partial charge in [-0.3, -0.25) is 4.90 Å². The molecule has 0 radical (unpaired) electrons. The van der Waals surface area contributed by atoms with Crippen molar-refractivity contribution in [3.8, 4) is 0 Å². The molecule has 6 aliphatic rings. The predicted octanol–water partition coefficient (Wildman–Crippen LogP) is 3.27. The Balaban J connectivity index is 1.34. The highest BCUT2D eigenvalue weighted by Gasteiger charge is 2.48. The summed E-state index contributed by atoms with van der Waals surface area (Å²) in [7, 11) is 0. The lowest BCUT2D eigenvalue weighted by atomic mass is 9.71. The Morgan fingerprint density at radius 1 is 0.897 bits per heavy atom. The van der Waals surface area contributed by atoms with Gasteiger partial charge in [-0.25, -0.2) is 4.39 Å². The van der Waals surface area contributed by atoms with E-state index >= 15 is 0 Å². The Bertz CT molecular complexity index is 534. The minimum atomic E-state index is -1.19. The lowest BCUT2D eigenvalue weighted by Gasteiger charge is -2.52. The third-order valence-corrected chi connectivity index (χ3v) is 8.56. The molecule has 6 fully saturated rings. The molecule has 3 unspecified atom stereocenters. The van der Waals surface area contributed by atoms with Gasteiger partial charge in [0, 0.05) is 6.54 Å². The molecule has 1 spiro atoms. The molecule has 5 nitrogen and oxygen atoms in total. The van der Waals surface area contributed by atoms with Crippen LogP contribution in [0.5, 0.6) is 0 Å². The van der Waals surface area contributed by atoms with Gasteiger partial charge >= 0.3 is 0 Å². The van der Waals surface area contributed by atoms with Gasteiger partial charge in [0.25, 0.3) is 0 Å². The molecule has 4 heterocycles. The number of morpholine rings is 1. The fraction of sp³-hybridized carbons (Fsp3) is 1.00. The van der Waals surface area contributed by atoms with Gasteiger partial charge < -0.3 is 19.5 Å². The molecule has 2 bridgehead atoms. The van der Waals surface area contributed by atoms with Gasteiger partial charge in [-0.2, -0.15) is 0 Å². The zero-order valence-corrected chi connectivity index (χ0v) is 17.8. The molecule has 6 rings (SSSR count). The first-order chi connectivity index (χ1) is 14.2. The molecule has 0 aromatic heterocycles. The summed E-state index contributed by atoms with van der Waals surface area (Å²) in [6.07, 6.45) is 12.0. The molecular weight excluding hydrogens is 371 g/mol. The maximum absolute atomic E-state index is 13.7. The average molecular weight is 411 g/mol. The van der Waals surface area contributed by atoms with E-state index in [0.717, 1.165) is 51.0 Å². The van der Waals surface area contributed by atoms with Gasteiger partial charge in [0.2, 0.25) is 6.36 Å². The molecule has 0 amide bonds.